The van der Waals surface area contributed by atoms with E-state index < -0.39 is 23.4 Å². The first-order valence-electron chi connectivity index (χ1n) is 9.40. The van der Waals surface area contributed by atoms with Gasteiger partial charge in [0.15, 0.2) is 28.4 Å². The summed E-state index contributed by atoms with van der Waals surface area (Å²) in [7, 11) is 0. The molecule has 0 spiro atoms. The van der Waals surface area contributed by atoms with Crippen LogP contribution in [0.3, 0.4) is 0 Å². The maximum Gasteiger partial charge on any atom is 0.302 e. The Morgan fingerprint density at radius 3 is 2.21 bits per heavy atom. The summed E-state index contributed by atoms with van der Waals surface area (Å²) in [6.45, 7) is 3.81. The van der Waals surface area contributed by atoms with Gasteiger partial charge >= 0.3 is 5.91 Å². The van der Waals surface area contributed by atoms with E-state index in [0.29, 0.717) is 5.56 Å². The average molecular weight is 508 g/mol. The number of carbonyl (C=O) groups is 3. The number of aliphatic imine (C=N–C) groups is 1. The van der Waals surface area contributed by atoms with Gasteiger partial charge in [0.1, 0.15) is 5.76 Å². The van der Waals surface area contributed by atoms with E-state index in [-0.39, 0.29) is 58.2 Å². The molecule has 0 bridgehead atoms. The molecule has 0 atom stereocenters. The number of aromatic nitrogens is 2. The summed E-state index contributed by atoms with van der Waals surface area (Å²) in [6, 6.07) is 6.62. The highest BCUT2D eigenvalue weighted by Gasteiger charge is 2.31. The maximum absolute atomic E-state index is 11.9. The lowest BCUT2D eigenvalue weighted by Gasteiger charge is -2.16. The molecule has 180 valence electrons. The lowest BCUT2D eigenvalue weighted by atomic mass is 9.87. The number of allylic oxidation sites excluding steroid dienone is 3. The molecular formula is C21H23Cl2N7O4. The topological polar surface area (TPSA) is 214 Å². The molecule has 1 aliphatic carbocycles. The SMILES string of the molecule is CC(C)=CCC1=C(O)c2ccccc2C(=O)C1=O.Cl.NC(N)=NC(=O)c1nc(Cl)c(N)nc1N. The molecule has 0 saturated heterocycles. The van der Waals surface area contributed by atoms with E-state index in [9.17, 15) is 19.5 Å². The number of amides is 1. The molecule has 11 nitrogen and oxygen atoms in total. The summed E-state index contributed by atoms with van der Waals surface area (Å²) in [5, 5.41) is 9.96. The second-order valence-electron chi connectivity index (χ2n) is 6.99. The highest BCUT2D eigenvalue weighted by Crippen LogP contribution is 2.29. The second-order valence-corrected chi connectivity index (χ2v) is 7.35. The van der Waals surface area contributed by atoms with Crippen molar-refractivity contribution < 1.29 is 19.5 Å². The van der Waals surface area contributed by atoms with Gasteiger partial charge in [0.25, 0.3) is 0 Å². The number of ketones is 2. The zero-order chi connectivity index (χ0) is 24.9. The lowest BCUT2D eigenvalue weighted by molar-refractivity contribution is -0.112. The Kier molecular flexibility index (Phi) is 9.72. The normalized spacial score (nSPS) is 12.0. The Labute approximate surface area is 206 Å². The summed E-state index contributed by atoms with van der Waals surface area (Å²) < 4.78 is 0. The van der Waals surface area contributed by atoms with Crippen molar-refractivity contribution in [1.29, 1.82) is 0 Å². The van der Waals surface area contributed by atoms with E-state index in [4.69, 9.17) is 34.5 Å². The van der Waals surface area contributed by atoms with Crippen LogP contribution < -0.4 is 22.9 Å². The van der Waals surface area contributed by atoms with Crippen molar-refractivity contribution in [2.45, 2.75) is 20.3 Å². The van der Waals surface area contributed by atoms with Gasteiger partial charge in [0.2, 0.25) is 11.6 Å². The van der Waals surface area contributed by atoms with Gasteiger partial charge in [-0.25, -0.2) is 9.97 Å². The van der Waals surface area contributed by atoms with Crippen molar-refractivity contribution in [3.05, 3.63) is 63.5 Å². The quantitative estimate of drug-likeness (QED) is 0.176. The minimum atomic E-state index is -0.832. The molecule has 0 aliphatic heterocycles. The molecule has 0 saturated carbocycles. The third-order valence-electron chi connectivity index (χ3n) is 4.25. The van der Waals surface area contributed by atoms with E-state index in [1.54, 1.807) is 24.3 Å². The minimum Gasteiger partial charge on any atom is -0.507 e. The number of nitrogens with two attached hydrogens (primary N) is 4. The number of carbonyl (C=O) groups excluding carboxylic acids is 3. The minimum absolute atomic E-state index is 0. The van der Waals surface area contributed by atoms with Crippen LogP contribution in [0.1, 0.15) is 46.7 Å². The van der Waals surface area contributed by atoms with Crippen LogP contribution in [0.5, 0.6) is 0 Å². The third kappa shape index (κ3) is 6.53. The summed E-state index contributed by atoms with van der Waals surface area (Å²) >= 11 is 5.55. The van der Waals surface area contributed by atoms with Crippen LogP contribution in [-0.2, 0) is 4.79 Å². The van der Waals surface area contributed by atoms with Crippen molar-refractivity contribution in [3.8, 4) is 0 Å². The number of aliphatic hydroxyl groups is 1. The van der Waals surface area contributed by atoms with Gasteiger partial charge in [0, 0.05) is 16.7 Å². The van der Waals surface area contributed by atoms with E-state index in [0.717, 1.165) is 5.57 Å². The second kappa shape index (κ2) is 11.8. The number of guanidine groups is 1. The number of halogens is 2. The first-order chi connectivity index (χ1) is 15.4. The number of fused-ring (bicyclic) bond motifs is 1. The molecule has 1 aromatic carbocycles. The standard InChI is InChI=1S/C15H14O3.C6H8ClN7O.ClH/c1-9(2)7-8-12-13(16)10-5-3-4-6-11(10)14(17)15(12)18;7-2-4(9)13-3(8)1(12-2)5(15)14-6(10)11;/h3-7,16H,8H2,1-2H3;(H4,8,9,13)(H4,10,11,14,15);1H. The number of nitrogens with zero attached hydrogens (tertiary/aromatic N) is 3. The largest absolute Gasteiger partial charge is 0.507 e. The molecule has 2 aromatic rings. The Morgan fingerprint density at radius 1 is 1.06 bits per heavy atom. The number of rotatable bonds is 3. The molecule has 3 rings (SSSR count). The molecule has 1 amide bonds. The Hall–Kier alpha value is -3.96. The number of Topliss-reactive ketones (excluding diaryl/α,β-unsaturated/α-hetero) is 2. The summed E-state index contributed by atoms with van der Waals surface area (Å²) in [4.78, 5) is 45.6. The number of hydrogen-bond donors (Lipinski definition) is 5. The van der Waals surface area contributed by atoms with Crippen LogP contribution in [0.4, 0.5) is 11.6 Å². The Bertz CT molecular complexity index is 1230. The van der Waals surface area contributed by atoms with Crippen molar-refractivity contribution in [3.63, 3.8) is 0 Å². The zero-order valence-corrected chi connectivity index (χ0v) is 19.8. The van der Waals surface area contributed by atoms with Crippen LogP contribution in [0.2, 0.25) is 5.15 Å². The molecular weight excluding hydrogens is 485 g/mol. The van der Waals surface area contributed by atoms with E-state index in [1.807, 2.05) is 19.9 Å². The summed E-state index contributed by atoms with van der Waals surface area (Å²) in [5.41, 5.74) is 22.4. The van der Waals surface area contributed by atoms with Gasteiger partial charge in [-0.15, -0.1) is 12.4 Å². The van der Waals surface area contributed by atoms with Crippen molar-refractivity contribution in [2.75, 3.05) is 11.5 Å². The Balaban J connectivity index is 0.000000336. The smallest absolute Gasteiger partial charge is 0.302 e. The molecule has 0 radical (unpaired) electrons. The number of benzene rings is 1. The van der Waals surface area contributed by atoms with Gasteiger partial charge in [-0.05, 0) is 20.3 Å². The molecule has 9 N–H and O–H groups in total. The predicted octanol–water partition coefficient (Wildman–Crippen LogP) is 2.21. The van der Waals surface area contributed by atoms with Crippen LogP contribution in [-0.4, -0.2) is 38.5 Å². The number of hydrogen-bond acceptors (Lipinski definition) is 8. The summed E-state index contributed by atoms with van der Waals surface area (Å²) in [6.07, 6.45) is 2.11. The molecule has 0 fully saturated rings. The van der Waals surface area contributed by atoms with Crippen molar-refractivity contribution in [2.24, 2.45) is 16.5 Å². The van der Waals surface area contributed by atoms with Gasteiger partial charge in [0.05, 0.1) is 0 Å². The third-order valence-corrected chi connectivity index (χ3v) is 4.52. The first kappa shape index (κ1) is 28.1. The first-order valence-corrected chi connectivity index (χ1v) is 9.78. The molecule has 34 heavy (non-hydrogen) atoms. The van der Waals surface area contributed by atoms with E-state index in [1.165, 1.54) is 0 Å². The molecule has 1 aliphatic rings. The summed E-state index contributed by atoms with van der Waals surface area (Å²) in [5.74, 6) is -2.73. The van der Waals surface area contributed by atoms with Gasteiger partial charge in [-0.1, -0.05) is 47.5 Å². The van der Waals surface area contributed by atoms with Crippen LogP contribution in [0.15, 0.2) is 46.5 Å². The number of anilines is 2. The fourth-order valence-corrected chi connectivity index (χ4v) is 2.81. The maximum atomic E-state index is 11.9. The van der Waals surface area contributed by atoms with E-state index in [2.05, 4.69) is 15.0 Å². The molecule has 0 unspecified atom stereocenters. The van der Waals surface area contributed by atoms with E-state index >= 15 is 0 Å². The molecule has 1 aromatic heterocycles. The van der Waals surface area contributed by atoms with Gasteiger partial charge in [-0.2, -0.15) is 4.99 Å². The fourth-order valence-electron chi connectivity index (χ4n) is 2.68. The Morgan fingerprint density at radius 2 is 1.65 bits per heavy atom. The van der Waals surface area contributed by atoms with Crippen LogP contribution >= 0.6 is 24.0 Å². The number of aliphatic hydroxyl groups excluding tert-OH is 1. The van der Waals surface area contributed by atoms with Gasteiger partial charge in [-0.3, -0.25) is 14.4 Å². The molecule has 13 heteroatoms. The van der Waals surface area contributed by atoms with Gasteiger partial charge < -0.3 is 28.0 Å². The average Bonchev–Trinajstić information content (AvgIpc) is 2.74. The molecule has 1 heterocycles. The lowest BCUT2D eigenvalue weighted by Crippen LogP contribution is -2.24. The van der Waals surface area contributed by atoms with Crippen molar-refractivity contribution in [1.82, 2.24) is 9.97 Å². The predicted molar refractivity (Wildman–Crippen MR) is 133 cm³/mol. The van der Waals surface area contributed by atoms with Crippen LogP contribution in [0.25, 0.3) is 5.76 Å². The highest BCUT2D eigenvalue weighted by molar-refractivity contribution is 6.52. The monoisotopic (exact) mass is 507 g/mol. The van der Waals surface area contributed by atoms with Crippen molar-refractivity contribution >= 4 is 64.8 Å². The highest BCUT2D eigenvalue weighted by atomic mass is 35.5. The van der Waals surface area contributed by atoms with Crippen LogP contribution in [0, 0.1) is 0 Å². The zero-order valence-electron chi connectivity index (χ0n) is 18.2. The number of nitrogen functional groups attached to an aromatic ring is 2. The fraction of sp³-hybridized carbons (Fsp3) is 0.143.